The molecule has 0 saturated heterocycles. The summed E-state index contributed by atoms with van der Waals surface area (Å²) < 4.78 is 2.43. The summed E-state index contributed by atoms with van der Waals surface area (Å²) in [7, 11) is 1.79. The molecule has 0 fully saturated rings. The Labute approximate surface area is 102 Å². The predicted octanol–water partition coefficient (Wildman–Crippen LogP) is 1.97. The molecular formula is C11H12BrN3O. The van der Waals surface area contributed by atoms with Gasteiger partial charge >= 0.3 is 0 Å². The third-order valence-corrected chi connectivity index (χ3v) is 3.12. The lowest BCUT2D eigenvalue weighted by atomic mass is 10.1. The van der Waals surface area contributed by atoms with Crippen molar-refractivity contribution in [2.75, 3.05) is 0 Å². The van der Waals surface area contributed by atoms with Gasteiger partial charge in [-0.3, -0.25) is 9.67 Å². The summed E-state index contributed by atoms with van der Waals surface area (Å²) in [6.45, 7) is 1.93. The van der Waals surface area contributed by atoms with Crippen LogP contribution in [0.4, 0.5) is 0 Å². The molecule has 0 aromatic carbocycles. The Morgan fingerprint density at radius 3 is 2.81 bits per heavy atom. The lowest BCUT2D eigenvalue weighted by Crippen LogP contribution is -2.10. The molecule has 16 heavy (non-hydrogen) atoms. The first-order chi connectivity index (χ1) is 7.61. The highest BCUT2D eigenvalue weighted by Gasteiger charge is 2.20. The Morgan fingerprint density at radius 1 is 1.50 bits per heavy atom. The molecule has 0 amide bonds. The Bertz CT molecular complexity index is 490. The van der Waals surface area contributed by atoms with Gasteiger partial charge in [-0.25, -0.2) is 0 Å². The van der Waals surface area contributed by atoms with Crippen LogP contribution in [0.3, 0.4) is 0 Å². The summed E-state index contributed by atoms with van der Waals surface area (Å²) in [4.78, 5) is 4.20. The average Bonchev–Trinajstić information content (AvgIpc) is 2.58. The number of aromatic nitrogens is 3. The molecular weight excluding hydrogens is 270 g/mol. The second kappa shape index (κ2) is 4.35. The predicted molar refractivity (Wildman–Crippen MR) is 63.9 cm³/mol. The van der Waals surface area contributed by atoms with Crippen LogP contribution in [0.2, 0.25) is 0 Å². The SMILES string of the molecule is Cc1cccnc1C(O)c1c(Br)cnn1C. The van der Waals surface area contributed by atoms with Gasteiger partial charge in [0.05, 0.1) is 22.1 Å². The van der Waals surface area contributed by atoms with Gasteiger partial charge in [0.15, 0.2) is 0 Å². The summed E-state index contributed by atoms with van der Waals surface area (Å²) in [5, 5.41) is 14.3. The fourth-order valence-electron chi connectivity index (χ4n) is 1.64. The van der Waals surface area contributed by atoms with Gasteiger partial charge in [-0.2, -0.15) is 5.10 Å². The van der Waals surface area contributed by atoms with E-state index < -0.39 is 6.10 Å². The van der Waals surface area contributed by atoms with Gasteiger partial charge in [0.25, 0.3) is 0 Å². The number of aliphatic hydroxyl groups excluding tert-OH is 1. The van der Waals surface area contributed by atoms with E-state index in [1.54, 1.807) is 24.1 Å². The first-order valence-electron chi connectivity index (χ1n) is 4.88. The molecule has 2 heterocycles. The van der Waals surface area contributed by atoms with Gasteiger partial charge in [0.1, 0.15) is 6.10 Å². The molecule has 0 radical (unpaired) electrons. The van der Waals surface area contributed by atoms with E-state index in [-0.39, 0.29) is 0 Å². The first-order valence-corrected chi connectivity index (χ1v) is 5.67. The van der Waals surface area contributed by atoms with Crippen LogP contribution in [0.25, 0.3) is 0 Å². The maximum absolute atomic E-state index is 10.3. The Kier molecular flexibility index (Phi) is 3.07. The zero-order chi connectivity index (χ0) is 11.7. The molecule has 0 spiro atoms. The van der Waals surface area contributed by atoms with E-state index in [2.05, 4.69) is 26.0 Å². The lowest BCUT2D eigenvalue weighted by Gasteiger charge is -2.13. The number of rotatable bonds is 2. The molecule has 84 valence electrons. The van der Waals surface area contributed by atoms with Crippen molar-refractivity contribution in [3.8, 4) is 0 Å². The smallest absolute Gasteiger partial charge is 0.139 e. The highest BCUT2D eigenvalue weighted by molar-refractivity contribution is 9.10. The van der Waals surface area contributed by atoms with E-state index in [0.717, 1.165) is 10.0 Å². The Morgan fingerprint density at radius 2 is 2.25 bits per heavy atom. The lowest BCUT2D eigenvalue weighted by molar-refractivity contribution is 0.203. The van der Waals surface area contributed by atoms with Crippen LogP contribution in [-0.2, 0) is 7.05 Å². The molecule has 0 aliphatic heterocycles. The van der Waals surface area contributed by atoms with Crippen molar-refractivity contribution in [3.63, 3.8) is 0 Å². The van der Waals surface area contributed by atoms with Crippen LogP contribution in [-0.4, -0.2) is 19.9 Å². The molecule has 0 saturated carbocycles. The normalized spacial score (nSPS) is 12.8. The van der Waals surface area contributed by atoms with Crippen LogP contribution in [0, 0.1) is 6.92 Å². The number of halogens is 1. The zero-order valence-corrected chi connectivity index (χ0v) is 10.6. The molecule has 1 atom stereocenters. The van der Waals surface area contributed by atoms with Crippen molar-refractivity contribution in [1.82, 2.24) is 14.8 Å². The summed E-state index contributed by atoms with van der Waals surface area (Å²) in [6, 6.07) is 3.78. The van der Waals surface area contributed by atoms with Crippen molar-refractivity contribution in [2.24, 2.45) is 7.05 Å². The van der Waals surface area contributed by atoms with E-state index in [1.165, 1.54) is 0 Å². The van der Waals surface area contributed by atoms with Crippen molar-refractivity contribution in [1.29, 1.82) is 0 Å². The van der Waals surface area contributed by atoms with Crippen molar-refractivity contribution >= 4 is 15.9 Å². The zero-order valence-electron chi connectivity index (χ0n) is 9.05. The average molecular weight is 282 g/mol. The van der Waals surface area contributed by atoms with Crippen LogP contribution in [0.1, 0.15) is 23.1 Å². The van der Waals surface area contributed by atoms with E-state index in [0.29, 0.717) is 11.4 Å². The maximum Gasteiger partial charge on any atom is 0.139 e. The number of hydrogen-bond acceptors (Lipinski definition) is 3. The van der Waals surface area contributed by atoms with Gasteiger partial charge in [-0.1, -0.05) is 6.07 Å². The summed E-state index contributed by atoms with van der Waals surface area (Å²) >= 11 is 3.37. The number of pyridine rings is 1. The van der Waals surface area contributed by atoms with Gasteiger partial charge < -0.3 is 5.11 Å². The highest BCUT2D eigenvalue weighted by atomic mass is 79.9. The highest BCUT2D eigenvalue weighted by Crippen LogP contribution is 2.28. The fourth-order valence-corrected chi connectivity index (χ4v) is 2.21. The molecule has 5 heteroatoms. The number of hydrogen-bond donors (Lipinski definition) is 1. The Hall–Kier alpha value is -1.20. The molecule has 0 bridgehead atoms. The van der Waals surface area contributed by atoms with Gasteiger partial charge in [-0.15, -0.1) is 0 Å². The molecule has 2 aromatic rings. The number of nitrogens with zero attached hydrogens (tertiary/aromatic N) is 3. The molecule has 4 nitrogen and oxygen atoms in total. The van der Waals surface area contributed by atoms with Crippen molar-refractivity contribution in [2.45, 2.75) is 13.0 Å². The van der Waals surface area contributed by atoms with Gasteiger partial charge in [0.2, 0.25) is 0 Å². The van der Waals surface area contributed by atoms with Gasteiger partial charge in [0, 0.05) is 13.2 Å². The maximum atomic E-state index is 10.3. The second-order valence-electron chi connectivity index (χ2n) is 3.61. The quantitative estimate of drug-likeness (QED) is 0.916. The Balaban J connectivity index is 2.47. The van der Waals surface area contributed by atoms with E-state index in [4.69, 9.17) is 0 Å². The van der Waals surface area contributed by atoms with E-state index in [1.807, 2.05) is 19.1 Å². The van der Waals surface area contributed by atoms with Crippen LogP contribution < -0.4 is 0 Å². The molecule has 0 aliphatic carbocycles. The second-order valence-corrected chi connectivity index (χ2v) is 4.46. The minimum atomic E-state index is -0.761. The first kappa shape index (κ1) is 11.3. The third kappa shape index (κ3) is 1.88. The summed E-state index contributed by atoms with van der Waals surface area (Å²) in [6.07, 6.45) is 2.58. The molecule has 2 aromatic heterocycles. The van der Waals surface area contributed by atoms with E-state index >= 15 is 0 Å². The van der Waals surface area contributed by atoms with Crippen LogP contribution in [0.15, 0.2) is 29.0 Å². The van der Waals surface area contributed by atoms with Crippen molar-refractivity contribution in [3.05, 3.63) is 46.0 Å². The molecule has 2 rings (SSSR count). The molecule has 0 aliphatic rings. The molecule has 1 N–H and O–H groups in total. The monoisotopic (exact) mass is 281 g/mol. The van der Waals surface area contributed by atoms with Crippen LogP contribution in [0.5, 0.6) is 0 Å². The van der Waals surface area contributed by atoms with Crippen molar-refractivity contribution < 1.29 is 5.11 Å². The number of aliphatic hydroxyl groups is 1. The molecule has 1 unspecified atom stereocenters. The summed E-state index contributed by atoms with van der Waals surface area (Å²) in [5.41, 5.74) is 2.33. The minimum absolute atomic E-state index is 0.659. The minimum Gasteiger partial charge on any atom is -0.380 e. The largest absolute Gasteiger partial charge is 0.380 e. The topological polar surface area (TPSA) is 50.9 Å². The van der Waals surface area contributed by atoms with Gasteiger partial charge in [-0.05, 0) is 34.5 Å². The van der Waals surface area contributed by atoms with E-state index in [9.17, 15) is 5.11 Å². The van der Waals surface area contributed by atoms with Crippen LogP contribution >= 0.6 is 15.9 Å². The summed E-state index contributed by atoms with van der Waals surface area (Å²) in [5.74, 6) is 0. The fraction of sp³-hybridized carbons (Fsp3) is 0.273. The third-order valence-electron chi connectivity index (χ3n) is 2.51. The number of aryl methyl sites for hydroxylation is 2. The standard InChI is InChI=1S/C11H12BrN3O/c1-7-4-3-5-13-9(7)11(16)10-8(12)6-14-15(10)2/h3-6,11,16H,1-2H3.